The number of rotatable bonds is 4. The Morgan fingerprint density at radius 1 is 1.06 bits per heavy atom. The van der Waals surface area contributed by atoms with E-state index in [1.807, 2.05) is 6.07 Å². The van der Waals surface area contributed by atoms with E-state index < -0.39 is 17.1 Å². The lowest BCUT2D eigenvalue weighted by atomic mass is 10.1. The summed E-state index contributed by atoms with van der Waals surface area (Å²) in [6, 6.07) is 11.9. The van der Waals surface area contributed by atoms with Crippen molar-refractivity contribution in [3.63, 3.8) is 0 Å². The fourth-order valence-electron chi connectivity index (χ4n) is 4.07. The molecule has 0 unspecified atom stereocenters. The predicted octanol–water partition coefficient (Wildman–Crippen LogP) is 6.00. The zero-order chi connectivity index (χ0) is 22.7. The molecule has 0 radical (unpaired) electrons. The first kappa shape index (κ1) is 21.1. The van der Waals surface area contributed by atoms with Crippen molar-refractivity contribution in [2.75, 3.05) is 4.90 Å². The maximum Gasteiger partial charge on any atom is 0.446 e. The van der Waals surface area contributed by atoms with Crippen molar-refractivity contribution in [3.05, 3.63) is 65.3 Å². The summed E-state index contributed by atoms with van der Waals surface area (Å²) in [5.41, 5.74) is -3.65. The minimum atomic E-state index is -4.41. The van der Waals surface area contributed by atoms with Crippen LogP contribution in [0.1, 0.15) is 18.4 Å². The van der Waals surface area contributed by atoms with Gasteiger partial charge < -0.3 is 4.90 Å². The molecule has 0 atom stereocenters. The number of para-hydroxylation sites is 1. The normalized spacial score (nSPS) is 17.6. The van der Waals surface area contributed by atoms with E-state index in [-0.39, 0.29) is 34.8 Å². The molecule has 3 aromatic rings. The molecular formula is C22H15ClF3N3O2S. The zero-order valence-corrected chi connectivity index (χ0v) is 18.0. The van der Waals surface area contributed by atoms with Crippen molar-refractivity contribution in [2.45, 2.75) is 35.3 Å². The van der Waals surface area contributed by atoms with Crippen LogP contribution in [-0.4, -0.2) is 32.9 Å². The number of alkyl halides is 3. The van der Waals surface area contributed by atoms with E-state index in [9.17, 15) is 22.8 Å². The molecule has 32 heavy (non-hydrogen) atoms. The molecule has 2 fully saturated rings. The van der Waals surface area contributed by atoms with Gasteiger partial charge in [-0.05, 0) is 66.6 Å². The lowest BCUT2D eigenvalue weighted by molar-refractivity contribution is -0.120. The van der Waals surface area contributed by atoms with E-state index in [4.69, 9.17) is 11.6 Å². The fourth-order valence-corrected chi connectivity index (χ4v) is 4.83. The Balaban J connectivity index is 1.46. The van der Waals surface area contributed by atoms with Crippen LogP contribution in [0.15, 0.2) is 59.6 Å². The Morgan fingerprint density at radius 3 is 2.44 bits per heavy atom. The van der Waals surface area contributed by atoms with Gasteiger partial charge in [0.25, 0.3) is 5.91 Å². The highest BCUT2D eigenvalue weighted by Gasteiger charge is 2.65. The van der Waals surface area contributed by atoms with Gasteiger partial charge in [0, 0.05) is 23.0 Å². The maximum atomic E-state index is 13.3. The van der Waals surface area contributed by atoms with Crippen LogP contribution in [0.5, 0.6) is 0 Å². The average molecular weight is 478 g/mol. The number of anilines is 1. The summed E-state index contributed by atoms with van der Waals surface area (Å²) in [5, 5.41) is 1.29. The van der Waals surface area contributed by atoms with E-state index in [0.29, 0.717) is 23.4 Å². The summed E-state index contributed by atoms with van der Waals surface area (Å²) >= 11 is 6.00. The lowest BCUT2D eigenvalue weighted by Gasteiger charge is -2.22. The molecular weight excluding hydrogens is 463 g/mol. The van der Waals surface area contributed by atoms with Crippen LogP contribution in [0.25, 0.3) is 10.9 Å². The van der Waals surface area contributed by atoms with Gasteiger partial charge >= 0.3 is 11.5 Å². The van der Waals surface area contributed by atoms with Crippen molar-refractivity contribution in [1.82, 2.24) is 9.88 Å². The van der Waals surface area contributed by atoms with Gasteiger partial charge in [-0.3, -0.25) is 9.78 Å². The molecule has 5 rings (SSSR count). The van der Waals surface area contributed by atoms with Crippen molar-refractivity contribution >= 4 is 51.9 Å². The molecule has 2 heterocycles. The first-order valence-electron chi connectivity index (χ1n) is 9.74. The Bertz CT molecular complexity index is 1250. The molecule has 10 heteroatoms. The van der Waals surface area contributed by atoms with Crippen molar-refractivity contribution in [3.8, 4) is 0 Å². The van der Waals surface area contributed by atoms with Gasteiger partial charge in [0.05, 0.1) is 16.2 Å². The van der Waals surface area contributed by atoms with Crippen molar-refractivity contribution in [2.24, 2.45) is 0 Å². The minimum Gasteiger partial charge on any atom is -0.305 e. The molecule has 3 amide bonds. The fraction of sp³-hybridized carbons (Fsp3) is 0.227. The summed E-state index contributed by atoms with van der Waals surface area (Å²) in [4.78, 5) is 33.4. The van der Waals surface area contributed by atoms with Gasteiger partial charge in [-0.25, -0.2) is 9.69 Å². The minimum absolute atomic E-state index is 0.0153. The van der Waals surface area contributed by atoms with Gasteiger partial charge in [0.1, 0.15) is 5.54 Å². The highest BCUT2D eigenvalue weighted by Crippen LogP contribution is 2.50. The third kappa shape index (κ3) is 3.49. The van der Waals surface area contributed by atoms with E-state index in [1.165, 1.54) is 24.3 Å². The molecule has 5 nitrogen and oxygen atoms in total. The monoisotopic (exact) mass is 477 g/mol. The van der Waals surface area contributed by atoms with E-state index in [2.05, 4.69) is 4.98 Å². The number of thioether (sulfide) groups is 1. The highest BCUT2D eigenvalue weighted by molar-refractivity contribution is 8.00. The van der Waals surface area contributed by atoms with Gasteiger partial charge in [-0.1, -0.05) is 23.7 Å². The van der Waals surface area contributed by atoms with Crippen molar-refractivity contribution < 1.29 is 22.8 Å². The molecule has 2 aromatic carbocycles. The van der Waals surface area contributed by atoms with Crippen molar-refractivity contribution in [1.29, 1.82) is 0 Å². The lowest BCUT2D eigenvalue weighted by Crippen LogP contribution is -2.36. The Morgan fingerprint density at radius 2 is 1.78 bits per heavy atom. The molecule has 1 saturated carbocycles. The molecule has 2 aliphatic rings. The van der Waals surface area contributed by atoms with E-state index in [0.717, 1.165) is 15.8 Å². The van der Waals surface area contributed by atoms with Crippen LogP contribution in [0.2, 0.25) is 5.02 Å². The van der Waals surface area contributed by atoms with Crippen LogP contribution >= 0.6 is 23.4 Å². The summed E-state index contributed by atoms with van der Waals surface area (Å²) < 4.78 is 37.8. The number of urea groups is 1. The molecule has 1 aromatic heterocycles. The molecule has 0 bridgehead atoms. The molecule has 164 valence electrons. The smallest absolute Gasteiger partial charge is 0.305 e. The number of hydrogen-bond acceptors (Lipinski definition) is 4. The third-order valence-electron chi connectivity index (χ3n) is 5.73. The first-order valence-corrected chi connectivity index (χ1v) is 10.9. The molecule has 1 saturated heterocycles. The predicted molar refractivity (Wildman–Crippen MR) is 115 cm³/mol. The van der Waals surface area contributed by atoms with Gasteiger partial charge in [0.15, 0.2) is 0 Å². The number of fused-ring (bicyclic) bond motifs is 1. The number of hydrogen-bond donors (Lipinski definition) is 0. The second-order valence-electron chi connectivity index (χ2n) is 7.69. The largest absolute Gasteiger partial charge is 0.446 e. The third-order valence-corrected chi connectivity index (χ3v) is 6.78. The van der Waals surface area contributed by atoms with Crippen LogP contribution in [-0.2, 0) is 11.3 Å². The molecule has 1 aliphatic carbocycles. The number of carbonyl (C=O) groups excluding carboxylic acids is 2. The van der Waals surface area contributed by atoms with Gasteiger partial charge in [0.2, 0.25) is 0 Å². The molecule has 1 spiro atoms. The highest BCUT2D eigenvalue weighted by atomic mass is 35.5. The van der Waals surface area contributed by atoms with E-state index in [1.54, 1.807) is 29.3 Å². The van der Waals surface area contributed by atoms with Gasteiger partial charge in [-0.2, -0.15) is 13.2 Å². The van der Waals surface area contributed by atoms with E-state index >= 15 is 0 Å². The number of benzene rings is 2. The second kappa shape index (κ2) is 7.38. The van der Waals surface area contributed by atoms with Crippen LogP contribution in [0.3, 0.4) is 0 Å². The van der Waals surface area contributed by atoms with Gasteiger partial charge in [-0.15, -0.1) is 0 Å². The quantitative estimate of drug-likeness (QED) is 0.341. The standard InChI is InChI=1S/C22H15ClF3N3O2S/c23-17-3-1-2-16-13(8-11-27-18(16)17)12-28-20(31)29(19(30)21(28)9-10-21)14-4-6-15(7-5-14)32-22(24,25)26/h1-8,11H,9-10,12H2. The summed E-state index contributed by atoms with van der Waals surface area (Å²) in [6.45, 7) is 0.197. The topological polar surface area (TPSA) is 53.5 Å². The second-order valence-corrected chi connectivity index (χ2v) is 9.23. The Kier molecular flexibility index (Phi) is 4.86. The average Bonchev–Trinajstić information content (AvgIpc) is 3.51. The number of halogens is 4. The SMILES string of the molecule is O=C1N(c2ccc(SC(F)(F)F)cc2)C(=O)C2(CC2)N1Cc1ccnc2c(Cl)cccc12. The molecule has 1 aliphatic heterocycles. The number of carbonyl (C=O) groups is 2. The summed E-state index contributed by atoms with van der Waals surface area (Å²) in [5.74, 6) is -0.352. The number of imide groups is 1. The maximum absolute atomic E-state index is 13.3. The van der Waals surface area contributed by atoms with Crippen LogP contribution in [0.4, 0.5) is 23.7 Å². The number of nitrogens with zero attached hydrogens (tertiary/aromatic N) is 3. The number of aromatic nitrogens is 1. The zero-order valence-electron chi connectivity index (χ0n) is 16.4. The number of amides is 3. The Labute approximate surface area is 190 Å². The number of pyridine rings is 1. The first-order chi connectivity index (χ1) is 15.2. The summed E-state index contributed by atoms with van der Waals surface area (Å²) in [6.07, 6.45) is 2.69. The van der Waals surface area contributed by atoms with Crippen LogP contribution < -0.4 is 4.90 Å². The Hall–Kier alpha value is -2.78. The molecule has 0 N–H and O–H groups in total. The van der Waals surface area contributed by atoms with Crippen LogP contribution in [0, 0.1) is 0 Å². The summed E-state index contributed by atoms with van der Waals surface area (Å²) in [7, 11) is 0.